The number of hydrogen-bond acceptors (Lipinski definition) is 3. The molecule has 1 aromatic rings. The zero-order chi connectivity index (χ0) is 13.4. The summed E-state index contributed by atoms with van der Waals surface area (Å²) >= 11 is 0. The van der Waals surface area contributed by atoms with Gasteiger partial charge >= 0.3 is 0 Å². The molecule has 18 heavy (non-hydrogen) atoms. The fraction of sp³-hybridized carbons (Fsp3) is 0.600. The number of aryl methyl sites for hydroxylation is 2. The Hall–Kier alpha value is -0.900. The molecule has 0 aliphatic carbocycles. The van der Waals surface area contributed by atoms with Crippen LogP contribution in [0.15, 0.2) is 18.2 Å². The van der Waals surface area contributed by atoms with E-state index in [-0.39, 0.29) is 0 Å². The molecule has 1 unspecified atom stereocenters. The van der Waals surface area contributed by atoms with Crippen LogP contribution in [0.1, 0.15) is 36.5 Å². The first-order valence-electron chi connectivity index (χ1n) is 6.77. The molecule has 0 aliphatic rings. The number of hydrazine groups is 1. The topological polar surface area (TPSA) is 47.3 Å². The molecule has 0 heterocycles. The lowest BCUT2D eigenvalue weighted by Crippen LogP contribution is -2.37. The van der Waals surface area contributed by atoms with Gasteiger partial charge in [0.25, 0.3) is 0 Å². The first kappa shape index (κ1) is 15.2. The van der Waals surface area contributed by atoms with Crippen LogP contribution in [0.5, 0.6) is 0 Å². The largest absolute Gasteiger partial charge is 0.382 e. The maximum absolute atomic E-state index is 5.61. The Kier molecular flexibility index (Phi) is 6.94. The highest BCUT2D eigenvalue weighted by molar-refractivity contribution is 5.30. The molecule has 3 nitrogen and oxygen atoms in total. The second kappa shape index (κ2) is 8.25. The van der Waals surface area contributed by atoms with Gasteiger partial charge in [0.2, 0.25) is 0 Å². The van der Waals surface area contributed by atoms with Gasteiger partial charge < -0.3 is 4.74 Å². The fourth-order valence-electron chi connectivity index (χ4n) is 2.04. The van der Waals surface area contributed by atoms with Gasteiger partial charge in [-0.25, -0.2) is 0 Å². The van der Waals surface area contributed by atoms with E-state index in [4.69, 9.17) is 10.6 Å². The van der Waals surface area contributed by atoms with Gasteiger partial charge in [0.15, 0.2) is 0 Å². The maximum atomic E-state index is 5.61. The number of nitrogens with two attached hydrogens (primary N) is 1. The van der Waals surface area contributed by atoms with Crippen LogP contribution in [-0.4, -0.2) is 19.3 Å². The van der Waals surface area contributed by atoms with Gasteiger partial charge in [-0.15, -0.1) is 0 Å². The molecule has 102 valence electrons. The van der Waals surface area contributed by atoms with Crippen LogP contribution < -0.4 is 11.3 Å². The molecule has 0 spiro atoms. The molecule has 1 atom stereocenters. The van der Waals surface area contributed by atoms with Crippen LogP contribution in [0.2, 0.25) is 0 Å². The van der Waals surface area contributed by atoms with Crippen molar-refractivity contribution >= 4 is 0 Å². The molecule has 1 aromatic carbocycles. The highest BCUT2D eigenvalue weighted by atomic mass is 16.5. The molecule has 0 aromatic heterocycles. The smallest absolute Gasteiger partial charge is 0.0466 e. The van der Waals surface area contributed by atoms with Crippen LogP contribution in [0.4, 0.5) is 0 Å². The van der Waals surface area contributed by atoms with Crippen molar-refractivity contribution in [3.05, 3.63) is 34.9 Å². The summed E-state index contributed by atoms with van der Waals surface area (Å²) in [6.07, 6.45) is 3.07. The molecule has 0 saturated carbocycles. The zero-order valence-electron chi connectivity index (χ0n) is 11.8. The van der Waals surface area contributed by atoms with Crippen molar-refractivity contribution in [2.45, 2.75) is 46.1 Å². The minimum atomic E-state index is 0.326. The van der Waals surface area contributed by atoms with Crippen molar-refractivity contribution < 1.29 is 4.74 Å². The lowest BCUT2D eigenvalue weighted by molar-refractivity contribution is 0.140. The third-order valence-corrected chi connectivity index (χ3v) is 3.33. The monoisotopic (exact) mass is 250 g/mol. The number of benzene rings is 1. The Balaban J connectivity index is 2.44. The lowest BCUT2D eigenvalue weighted by atomic mass is 9.99. The van der Waals surface area contributed by atoms with E-state index < -0.39 is 0 Å². The molecule has 3 heteroatoms. The number of hydrogen-bond donors (Lipinski definition) is 2. The van der Waals surface area contributed by atoms with Crippen molar-refractivity contribution in [2.75, 3.05) is 13.2 Å². The van der Waals surface area contributed by atoms with Crippen LogP contribution >= 0.6 is 0 Å². The van der Waals surface area contributed by atoms with Gasteiger partial charge in [0.1, 0.15) is 0 Å². The summed E-state index contributed by atoms with van der Waals surface area (Å²) in [4.78, 5) is 0. The average Bonchev–Trinajstić information content (AvgIpc) is 2.37. The van der Waals surface area contributed by atoms with E-state index >= 15 is 0 Å². The normalized spacial score (nSPS) is 12.7. The van der Waals surface area contributed by atoms with E-state index in [1.807, 2.05) is 6.92 Å². The molecule has 0 radical (unpaired) electrons. The first-order valence-corrected chi connectivity index (χ1v) is 6.77. The fourth-order valence-corrected chi connectivity index (χ4v) is 2.04. The number of nitrogens with one attached hydrogen (secondary N) is 1. The molecule has 0 bridgehead atoms. The Morgan fingerprint density at radius 2 is 2.06 bits per heavy atom. The standard InChI is InChI=1S/C15H26N2O/c1-4-18-9-5-6-15(17-16)11-14-8-7-12(2)13(3)10-14/h7-8,10,15,17H,4-6,9,11,16H2,1-3H3. The summed E-state index contributed by atoms with van der Waals surface area (Å²) in [5.74, 6) is 5.61. The predicted molar refractivity (Wildman–Crippen MR) is 76.5 cm³/mol. The van der Waals surface area contributed by atoms with E-state index in [1.54, 1.807) is 0 Å². The van der Waals surface area contributed by atoms with Gasteiger partial charge in [0.05, 0.1) is 0 Å². The van der Waals surface area contributed by atoms with Crippen LogP contribution in [0.3, 0.4) is 0 Å². The van der Waals surface area contributed by atoms with Crippen molar-refractivity contribution in [1.82, 2.24) is 5.43 Å². The van der Waals surface area contributed by atoms with Gasteiger partial charge in [-0.1, -0.05) is 18.2 Å². The molecule has 1 rings (SSSR count). The molecular formula is C15H26N2O. The van der Waals surface area contributed by atoms with Crippen molar-refractivity contribution in [2.24, 2.45) is 5.84 Å². The minimum absolute atomic E-state index is 0.326. The first-order chi connectivity index (χ1) is 8.67. The molecule has 0 amide bonds. The summed E-state index contributed by atoms with van der Waals surface area (Å²) in [7, 11) is 0. The molecule has 0 aliphatic heterocycles. The van der Waals surface area contributed by atoms with Crippen molar-refractivity contribution in [1.29, 1.82) is 0 Å². The van der Waals surface area contributed by atoms with E-state index in [2.05, 4.69) is 37.5 Å². The second-order valence-electron chi connectivity index (χ2n) is 4.83. The van der Waals surface area contributed by atoms with E-state index in [1.165, 1.54) is 16.7 Å². The Morgan fingerprint density at radius 1 is 1.28 bits per heavy atom. The predicted octanol–water partition coefficient (Wildman–Crippen LogP) is 2.49. The molecule has 0 saturated heterocycles. The van der Waals surface area contributed by atoms with Crippen LogP contribution in [0.25, 0.3) is 0 Å². The average molecular weight is 250 g/mol. The summed E-state index contributed by atoms with van der Waals surface area (Å²) in [6, 6.07) is 6.95. The van der Waals surface area contributed by atoms with Crippen molar-refractivity contribution in [3.8, 4) is 0 Å². The van der Waals surface area contributed by atoms with Gasteiger partial charge in [-0.2, -0.15) is 0 Å². The summed E-state index contributed by atoms with van der Waals surface area (Å²) in [6.45, 7) is 7.92. The van der Waals surface area contributed by atoms with Gasteiger partial charge in [0, 0.05) is 19.3 Å². The molecular weight excluding hydrogens is 224 g/mol. The Bertz CT molecular complexity index is 352. The van der Waals surface area contributed by atoms with E-state index in [0.29, 0.717) is 6.04 Å². The summed E-state index contributed by atoms with van der Waals surface area (Å²) in [5.41, 5.74) is 6.94. The highest BCUT2D eigenvalue weighted by Crippen LogP contribution is 2.13. The van der Waals surface area contributed by atoms with Gasteiger partial charge in [-0.05, 0) is 56.7 Å². The Labute approximate surface area is 111 Å². The van der Waals surface area contributed by atoms with Crippen LogP contribution in [-0.2, 0) is 11.2 Å². The minimum Gasteiger partial charge on any atom is -0.382 e. The Morgan fingerprint density at radius 3 is 2.67 bits per heavy atom. The third-order valence-electron chi connectivity index (χ3n) is 3.33. The van der Waals surface area contributed by atoms with E-state index in [9.17, 15) is 0 Å². The zero-order valence-corrected chi connectivity index (χ0v) is 11.8. The maximum Gasteiger partial charge on any atom is 0.0466 e. The van der Waals surface area contributed by atoms with E-state index in [0.717, 1.165) is 32.5 Å². The lowest BCUT2D eigenvalue weighted by Gasteiger charge is -2.16. The van der Waals surface area contributed by atoms with Crippen LogP contribution in [0, 0.1) is 13.8 Å². The summed E-state index contributed by atoms with van der Waals surface area (Å²) < 4.78 is 5.34. The van der Waals surface area contributed by atoms with Gasteiger partial charge in [-0.3, -0.25) is 11.3 Å². The molecule has 3 N–H and O–H groups in total. The third kappa shape index (κ3) is 5.17. The number of ether oxygens (including phenoxy) is 1. The quantitative estimate of drug-likeness (QED) is 0.423. The SMILES string of the molecule is CCOCCCC(Cc1ccc(C)c(C)c1)NN. The highest BCUT2D eigenvalue weighted by Gasteiger charge is 2.08. The summed E-state index contributed by atoms with van der Waals surface area (Å²) in [5, 5.41) is 0. The van der Waals surface area contributed by atoms with Crippen molar-refractivity contribution in [3.63, 3.8) is 0 Å². The number of rotatable bonds is 8. The molecule has 0 fully saturated rings. The second-order valence-corrected chi connectivity index (χ2v) is 4.83.